The molecule has 0 radical (unpaired) electrons. The van der Waals surface area contributed by atoms with Gasteiger partial charge in [0, 0.05) is 34.9 Å². The summed E-state index contributed by atoms with van der Waals surface area (Å²) in [5.41, 5.74) is 3.30. The summed E-state index contributed by atoms with van der Waals surface area (Å²) in [6, 6.07) is 13.6. The maximum Gasteiger partial charge on any atom is 0.255 e. The SMILES string of the molecule is O=C(Nc1cccc(C(=O)NC2CC3CCC(C2)N3)c1)c1ccc2nc[nH]c2c1. The van der Waals surface area contributed by atoms with Crippen LogP contribution in [0.5, 0.6) is 0 Å². The first-order valence-electron chi connectivity index (χ1n) is 10.1. The number of anilines is 1. The third kappa shape index (κ3) is 3.73. The fourth-order valence-corrected chi connectivity index (χ4v) is 4.46. The van der Waals surface area contributed by atoms with Gasteiger partial charge in [0.05, 0.1) is 17.4 Å². The van der Waals surface area contributed by atoms with Gasteiger partial charge in [-0.15, -0.1) is 0 Å². The van der Waals surface area contributed by atoms with Crippen molar-refractivity contribution in [3.63, 3.8) is 0 Å². The lowest BCUT2D eigenvalue weighted by molar-refractivity contribution is 0.0923. The van der Waals surface area contributed by atoms with E-state index in [0.29, 0.717) is 28.9 Å². The fourth-order valence-electron chi connectivity index (χ4n) is 4.46. The molecule has 2 unspecified atom stereocenters. The van der Waals surface area contributed by atoms with Crippen LogP contribution in [0, 0.1) is 0 Å². The molecule has 0 saturated carbocycles. The molecule has 0 aliphatic carbocycles. The van der Waals surface area contributed by atoms with Crippen LogP contribution >= 0.6 is 0 Å². The number of fused-ring (bicyclic) bond motifs is 3. The molecule has 2 atom stereocenters. The molecule has 3 heterocycles. The molecule has 2 bridgehead atoms. The number of aromatic amines is 1. The number of H-pyrrole nitrogens is 1. The Labute approximate surface area is 168 Å². The molecular formula is C22H23N5O2. The smallest absolute Gasteiger partial charge is 0.255 e. The Hall–Kier alpha value is -3.19. The van der Waals surface area contributed by atoms with Crippen molar-refractivity contribution in [2.24, 2.45) is 0 Å². The molecular weight excluding hydrogens is 366 g/mol. The molecule has 0 spiro atoms. The number of benzene rings is 2. The fraction of sp³-hybridized carbons (Fsp3) is 0.318. The highest BCUT2D eigenvalue weighted by atomic mass is 16.2. The van der Waals surface area contributed by atoms with Gasteiger partial charge in [-0.25, -0.2) is 4.98 Å². The Bertz CT molecular complexity index is 1060. The molecule has 4 N–H and O–H groups in total. The Morgan fingerprint density at radius 2 is 1.76 bits per heavy atom. The van der Waals surface area contributed by atoms with E-state index in [0.717, 1.165) is 23.9 Å². The van der Waals surface area contributed by atoms with Gasteiger partial charge in [-0.05, 0) is 62.1 Å². The van der Waals surface area contributed by atoms with Crippen molar-refractivity contribution in [1.29, 1.82) is 0 Å². The topological polar surface area (TPSA) is 98.9 Å². The van der Waals surface area contributed by atoms with Crippen LogP contribution in [0.1, 0.15) is 46.4 Å². The van der Waals surface area contributed by atoms with Crippen molar-refractivity contribution in [3.8, 4) is 0 Å². The van der Waals surface area contributed by atoms with E-state index < -0.39 is 0 Å². The quantitative estimate of drug-likeness (QED) is 0.551. The molecule has 2 amide bonds. The minimum atomic E-state index is -0.228. The number of rotatable bonds is 4. The molecule has 2 aliphatic rings. The van der Waals surface area contributed by atoms with Crippen LogP contribution in [-0.2, 0) is 0 Å². The average Bonchev–Trinajstić information content (AvgIpc) is 3.33. The normalized spacial score (nSPS) is 23.1. The Morgan fingerprint density at radius 3 is 2.59 bits per heavy atom. The summed E-state index contributed by atoms with van der Waals surface area (Å²) in [6.45, 7) is 0. The van der Waals surface area contributed by atoms with Gasteiger partial charge in [0.15, 0.2) is 0 Å². The van der Waals surface area contributed by atoms with Crippen LogP contribution in [-0.4, -0.2) is 39.9 Å². The zero-order valence-electron chi connectivity index (χ0n) is 15.9. The predicted octanol–water partition coefficient (Wildman–Crippen LogP) is 2.83. The van der Waals surface area contributed by atoms with E-state index in [1.54, 1.807) is 48.8 Å². The van der Waals surface area contributed by atoms with E-state index in [-0.39, 0.29) is 17.9 Å². The van der Waals surface area contributed by atoms with Gasteiger partial charge < -0.3 is 20.9 Å². The van der Waals surface area contributed by atoms with Crippen molar-refractivity contribution in [3.05, 3.63) is 59.9 Å². The summed E-state index contributed by atoms with van der Waals surface area (Å²) in [4.78, 5) is 32.5. The molecule has 3 aromatic rings. The Balaban J connectivity index is 1.26. The summed E-state index contributed by atoms with van der Waals surface area (Å²) >= 11 is 0. The molecule has 5 rings (SSSR count). The minimum Gasteiger partial charge on any atom is -0.349 e. The molecule has 2 aliphatic heterocycles. The van der Waals surface area contributed by atoms with E-state index in [1.165, 1.54) is 12.8 Å². The summed E-state index contributed by atoms with van der Waals surface area (Å²) in [7, 11) is 0. The summed E-state index contributed by atoms with van der Waals surface area (Å²) < 4.78 is 0. The van der Waals surface area contributed by atoms with Crippen molar-refractivity contribution in [1.82, 2.24) is 20.6 Å². The second-order valence-corrected chi connectivity index (χ2v) is 7.95. The molecule has 148 valence electrons. The number of imidazole rings is 1. The first-order chi connectivity index (χ1) is 14.1. The number of hydrogen-bond donors (Lipinski definition) is 4. The Morgan fingerprint density at radius 1 is 0.966 bits per heavy atom. The van der Waals surface area contributed by atoms with Crippen LogP contribution in [0.15, 0.2) is 48.8 Å². The highest BCUT2D eigenvalue weighted by molar-refractivity contribution is 6.06. The van der Waals surface area contributed by atoms with Crippen LogP contribution in [0.4, 0.5) is 5.69 Å². The third-order valence-electron chi connectivity index (χ3n) is 5.87. The second kappa shape index (κ2) is 7.33. The third-order valence-corrected chi connectivity index (χ3v) is 5.87. The monoisotopic (exact) mass is 389 g/mol. The summed E-state index contributed by atoms with van der Waals surface area (Å²) in [5.74, 6) is -0.319. The van der Waals surface area contributed by atoms with E-state index >= 15 is 0 Å². The lowest BCUT2D eigenvalue weighted by atomic mass is 9.99. The van der Waals surface area contributed by atoms with Gasteiger partial charge in [-0.1, -0.05) is 6.07 Å². The number of nitrogens with zero attached hydrogens (tertiary/aromatic N) is 1. The number of amides is 2. The van der Waals surface area contributed by atoms with Crippen LogP contribution in [0.25, 0.3) is 11.0 Å². The van der Waals surface area contributed by atoms with Crippen molar-refractivity contribution < 1.29 is 9.59 Å². The Kier molecular flexibility index (Phi) is 4.52. The molecule has 2 fully saturated rings. The van der Waals surface area contributed by atoms with Crippen LogP contribution in [0.2, 0.25) is 0 Å². The standard InChI is InChI=1S/C22H23N5O2/c28-21(27-18-10-16-5-6-17(11-18)25-16)13-2-1-3-15(8-13)26-22(29)14-4-7-19-20(9-14)24-12-23-19/h1-4,7-9,12,16-18,25H,5-6,10-11H2,(H,23,24)(H,26,29)(H,27,28). The highest BCUT2D eigenvalue weighted by Crippen LogP contribution is 2.27. The zero-order valence-corrected chi connectivity index (χ0v) is 15.9. The molecule has 1 aromatic heterocycles. The van der Waals surface area contributed by atoms with E-state index in [4.69, 9.17) is 0 Å². The molecule has 29 heavy (non-hydrogen) atoms. The maximum atomic E-state index is 12.7. The molecule has 2 aromatic carbocycles. The number of hydrogen-bond acceptors (Lipinski definition) is 4. The summed E-state index contributed by atoms with van der Waals surface area (Å²) in [6.07, 6.45) is 5.96. The van der Waals surface area contributed by atoms with Gasteiger partial charge in [-0.3, -0.25) is 9.59 Å². The van der Waals surface area contributed by atoms with Gasteiger partial charge in [0.25, 0.3) is 11.8 Å². The molecule has 7 nitrogen and oxygen atoms in total. The zero-order chi connectivity index (χ0) is 19.8. The number of piperidine rings is 1. The minimum absolute atomic E-state index is 0.0914. The number of carbonyl (C=O) groups is 2. The number of nitrogens with one attached hydrogen (secondary N) is 4. The first-order valence-corrected chi connectivity index (χ1v) is 10.1. The summed E-state index contributed by atoms with van der Waals surface area (Å²) in [5, 5.41) is 9.62. The lowest BCUT2D eigenvalue weighted by Gasteiger charge is -2.29. The van der Waals surface area contributed by atoms with Crippen molar-refractivity contribution in [2.45, 2.75) is 43.8 Å². The maximum absolute atomic E-state index is 12.7. The van der Waals surface area contributed by atoms with Crippen molar-refractivity contribution >= 4 is 28.5 Å². The first kappa shape index (κ1) is 17.9. The second-order valence-electron chi connectivity index (χ2n) is 7.95. The highest BCUT2D eigenvalue weighted by Gasteiger charge is 2.34. The predicted molar refractivity (Wildman–Crippen MR) is 111 cm³/mol. The van der Waals surface area contributed by atoms with Gasteiger partial charge in [0.1, 0.15) is 0 Å². The van der Waals surface area contributed by atoms with E-state index in [9.17, 15) is 9.59 Å². The largest absolute Gasteiger partial charge is 0.349 e. The van der Waals surface area contributed by atoms with Crippen LogP contribution < -0.4 is 16.0 Å². The lowest BCUT2D eigenvalue weighted by Crippen LogP contribution is -2.48. The average molecular weight is 389 g/mol. The van der Waals surface area contributed by atoms with E-state index in [1.807, 2.05) is 0 Å². The number of aromatic nitrogens is 2. The van der Waals surface area contributed by atoms with Gasteiger partial charge >= 0.3 is 0 Å². The van der Waals surface area contributed by atoms with Gasteiger partial charge in [-0.2, -0.15) is 0 Å². The number of carbonyl (C=O) groups excluding carboxylic acids is 2. The van der Waals surface area contributed by atoms with E-state index in [2.05, 4.69) is 25.9 Å². The van der Waals surface area contributed by atoms with Crippen molar-refractivity contribution in [2.75, 3.05) is 5.32 Å². The molecule has 2 saturated heterocycles. The van der Waals surface area contributed by atoms with Gasteiger partial charge in [0.2, 0.25) is 0 Å². The van der Waals surface area contributed by atoms with Crippen LogP contribution in [0.3, 0.4) is 0 Å². The molecule has 7 heteroatoms.